The number of rotatable bonds is 3. The molecule has 1 aromatic rings. The lowest BCUT2D eigenvalue weighted by atomic mass is 10.1. The number of carboxylic acid groups (broad SMARTS) is 1. The van der Waals surface area contributed by atoms with E-state index in [2.05, 4.69) is 10.4 Å². The molecule has 1 aromatic heterocycles. The summed E-state index contributed by atoms with van der Waals surface area (Å²) in [4.78, 5) is 21.5. The first kappa shape index (κ1) is 10.8. The van der Waals surface area contributed by atoms with Gasteiger partial charge in [0, 0.05) is 6.20 Å². The third kappa shape index (κ3) is 1.96. The molecule has 1 aliphatic rings. The van der Waals surface area contributed by atoms with Gasteiger partial charge in [-0.05, 0) is 25.9 Å². The van der Waals surface area contributed by atoms with E-state index in [-0.39, 0.29) is 17.3 Å². The molecule has 0 aliphatic carbocycles. The largest absolute Gasteiger partial charge is 0.476 e. The van der Waals surface area contributed by atoms with Crippen LogP contribution in [0, 0.1) is 0 Å². The molecule has 1 aliphatic heterocycles. The first-order chi connectivity index (χ1) is 7.72. The van der Waals surface area contributed by atoms with Gasteiger partial charge in [-0.1, -0.05) is 0 Å². The SMILES string of the molecule is O=Cc1cn(C2CCNCC2)nc1C(=O)O. The lowest BCUT2D eigenvalue weighted by molar-refractivity contribution is 0.0686. The van der Waals surface area contributed by atoms with Crippen LogP contribution in [-0.4, -0.2) is 40.2 Å². The predicted octanol–water partition coefficient (Wildman–Crippen LogP) is 0.318. The number of carboxylic acids is 1. The van der Waals surface area contributed by atoms with Crippen LogP contribution >= 0.6 is 0 Å². The topological polar surface area (TPSA) is 84.2 Å². The van der Waals surface area contributed by atoms with Gasteiger partial charge in [-0.2, -0.15) is 5.10 Å². The zero-order chi connectivity index (χ0) is 11.5. The van der Waals surface area contributed by atoms with Crippen LogP contribution in [0.3, 0.4) is 0 Å². The highest BCUT2D eigenvalue weighted by Gasteiger charge is 2.20. The summed E-state index contributed by atoms with van der Waals surface area (Å²) in [6.07, 6.45) is 3.86. The molecule has 0 radical (unpaired) electrons. The van der Waals surface area contributed by atoms with Crippen molar-refractivity contribution < 1.29 is 14.7 Å². The van der Waals surface area contributed by atoms with E-state index in [9.17, 15) is 9.59 Å². The Labute approximate surface area is 92.3 Å². The van der Waals surface area contributed by atoms with E-state index in [1.54, 1.807) is 4.68 Å². The minimum atomic E-state index is -1.16. The van der Waals surface area contributed by atoms with E-state index < -0.39 is 5.97 Å². The molecule has 1 saturated heterocycles. The first-order valence-corrected chi connectivity index (χ1v) is 5.20. The van der Waals surface area contributed by atoms with Crippen LogP contribution in [0.4, 0.5) is 0 Å². The quantitative estimate of drug-likeness (QED) is 0.721. The van der Waals surface area contributed by atoms with E-state index in [1.807, 2.05) is 0 Å². The summed E-state index contributed by atoms with van der Waals surface area (Å²) >= 11 is 0. The Hall–Kier alpha value is -1.69. The first-order valence-electron chi connectivity index (χ1n) is 5.20. The number of hydrogen-bond donors (Lipinski definition) is 2. The number of hydrogen-bond acceptors (Lipinski definition) is 4. The molecular weight excluding hydrogens is 210 g/mol. The third-order valence-corrected chi connectivity index (χ3v) is 2.77. The normalized spacial score (nSPS) is 17.2. The average Bonchev–Trinajstić information content (AvgIpc) is 2.74. The highest BCUT2D eigenvalue weighted by Crippen LogP contribution is 2.19. The van der Waals surface area contributed by atoms with Gasteiger partial charge in [0.05, 0.1) is 11.6 Å². The molecule has 86 valence electrons. The molecule has 2 N–H and O–H groups in total. The monoisotopic (exact) mass is 223 g/mol. The van der Waals surface area contributed by atoms with Gasteiger partial charge in [0.15, 0.2) is 12.0 Å². The van der Waals surface area contributed by atoms with E-state index in [4.69, 9.17) is 5.11 Å². The molecule has 0 aromatic carbocycles. The molecule has 0 bridgehead atoms. The van der Waals surface area contributed by atoms with Crippen LogP contribution in [0.2, 0.25) is 0 Å². The van der Waals surface area contributed by atoms with Crippen molar-refractivity contribution in [2.45, 2.75) is 18.9 Å². The van der Waals surface area contributed by atoms with Gasteiger partial charge in [0.1, 0.15) is 0 Å². The Morgan fingerprint density at radius 3 is 2.75 bits per heavy atom. The Morgan fingerprint density at radius 1 is 1.56 bits per heavy atom. The number of piperidine rings is 1. The Kier molecular flexibility index (Phi) is 3.00. The lowest BCUT2D eigenvalue weighted by Gasteiger charge is -2.22. The molecule has 16 heavy (non-hydrogen) atoms. The number of aromatic nitrogens is 2. The van der Waals surface area contributed by atoms with Gasteiger partial charge in [-0.25, -0.2) is 4.79 Å². The predicted molar refractivity (Wildman–Crippen MR) is 55.7 cm³/mol. The fraction of sp³-hybridized carbons (Fsp3) is 0.500. The molecule has 0 spiro atoms. The maximum atomic E-state index is 10.8. The summed E-state index contributed by atoms with van der Waals surface area (Å²) in [5.74, 6) is -1.16. The van der Waals surface area contributed by atoms with Crippen molar-refractivity contribution >= 4 is 12.3 Å². The molecule has 0 amide bonds. The Bertz CT molecular complexity index is 407. The van der Waals surface area contributed by atoms with Crippen LogP contribution in [0.5, 0.6) is 0 Å². The maximum absolute atomic E-state index is 10.8. The van der Waals surface area contributed by atoms with Crippen molar-refractivity contribution in [3.05, 3.63) is 17.5 Å². The maximum Gasteiger partial charge on any atom is 0.357 e. The number of nitrogens with zero attached hydrogens (tertiary/aromatic N) is 2. The van der Waals surface area contributed by atoms with Crippen molar-refractivity contribution in [3.63, 3.8) is 0 Å². The highest BCUT2D eigenvalue weighted by atomic mass is 16.4. The van der Waals surface area contributed by atoms with Crippen LogP contribution in [0.15, 0.2) is 6.20 Å². The minimum absolute atomic E-state index is 0.144. The Balaban J connectivity index is 2.27. The van der Waals surface area contributed by atoms with Gasteiger partial charge in [0.25, 0.3) is 0 Å². The van der Waals surface area contributed by atoms with Gasteiger partial charge in [-0.3, -0.25) is 9.48 Å². The van der Waals surface area contributed by atoms with Crippen molar-refractivity contribution in [3.8, 4) is 0 Å². The second-order valence-corrected chi connectivity index (χ2v) is 3.82. The number of carbonyl (C=O) groups is 2. The van der Waals surface area contributed by atoms with Gasteiger partial charge in [-0.15, -0.1) is 0 Å². The summed E-state index contributed by atoms with van der Waals surface area (Å²) in [5, 5.41) is 16.0. The van der Waals surface area contributed by atoms with Crippen LogP contribution in [0.25, 0.3) is 0 Å². The van der Waals surface area contributed by atoms with Crippen molar-refractivity contribution in [2.24, 2.45) is 0 Å². The van der Waals surface area contributed by atoms with Crippen LogP contribution < -0.4 is 5.32 Å². The average molecular weight is 223 g/mol. The van der Waals surface area contributed by atoms with Crippen molar-refractivity contribution in [2.75, 3.05) is 13.1 Å². The lowest BCUT2D eigenvalue weighted by Crippen LogP contribution is -2.29. The molecule has 2 heterocycles. The molecule has 6 heteroatoms. The van der Waals surface area contributed by atoms with E-state index in [1.165, 1.54) is 6.20 Å². The minimum Gasteiger partial charge on any atom is -0.476 e. The van der Waals surface area contributed by atoms with Crippen LogP contribution in [-0.2, 0) is 0 Å². The summed E-state index contributed by atoms with van der Waals surface area (Å²) in [5.41, 5.74) is -0.0143. The zero-order valence-electron chi connectivity index (χ0n) is 8.72. The zero-order valence-corrected chi connectivity index (χ0v) is 8.72. The summed E-state index contributed by atoms with van der Waals surface area (Å²) in [6.45, 7) is 1.78. The molecular formula is C10H13N3O3. The van der Waals surface area contributed by atoms with Gasteiger partial charge < -0.3 is 10.4 Å². The molecule has 0 saturated carbocycles. The standard InChI is InChI=1S/C10H13N3O3/c14-6-7-5-13(12-9(7)10(15)16)8-1-3-11-4-2-8/h5-6,8,11H,1-4H2,(H,15,16). The Morgan fingerprint density at radius 2 is 2.25 bits per heavy atom. The second-order valence-electron chi connectivity index (χ2n) is 3.82. The van der Waals surface area contributed by atoms with Crippen molar-refractivity contribution in [1.82, 2.24) is 15.1 Å². The summed E-state index contributed by atoms with van der Waals surface area (Å²) in [6, 6.07) is 0.188. The number of carbonyl (C=O) groups excluding carboxylic acids is 1. The number of aromatic carboxylic acids is 1. The number of aldehydes is 1. The van der Waals surface area contributed by atoms with Gasteiger partial charge >= 0.3 is 5.97 Å². The molecule has 6 nitrogen and oxygen atoms in total. The summed E-state index contributed by atoms with van der Waals surface area (Å²) in [7, 11) is 0. The smallest absolute Gasteiger partial charge is 0.357 e. The van der Waals surface area contributed by atoms with Crippen LogP contribution in [0.1, 0.15) is 39.7 Å². The van der Waals surface area contributed by atoms with E-state index in [0.29, 0.717) is 6.29 Å². The molecule has 2 rings (SSSR count). The second kappa shape index (κ2) is 4.44. The molecule has 1 fully saturated rings. The fourth-order valence-corrected chi connectivity index (χ4v) is 1.92. The van der Waals surface area contributed by atoms with E-state index >= 15 is 0 Å². The van der Waals surface area contributed by atoms with E-state index in [0.717, 1.165) is 25.9 Å². The summed E-state index contributed by atoms with van der Waals surface area (Å²) < 4.78 is 1.61. The third-order valence-electron chi connectivity index (χ3n) is 2.77. The van der Waals surface area contributed by atoms with Crippen molar-refractivity contribution in [1.29, 1.82) is 0 Å². The highest BCUT2D eigenvalue weighted by molar-refractivity contribution is 5.95. The molecule has 0 atom stereocenters. The molecule has 0 unspecified atom stereocenters. The van der Waals surface area contributed by atoms with Gasteiger partial charge in [0.2, 0.25) is 0 Å². The fourth-order valence-electron chi connectivity index (χ4n) is 1.92. The number of nitrogens with one attached hydrogen (secondary N) is 1.